The van der Waals surface area contributed by atoms with Gasteiger partial charge in [-0.1, -0.05) is 0 Å². The number of benzene rings is 1. The van der Waals surface area contributed by atoms with Crippen LogP contribution in [0.4, 0.5) is 0 Å². The van der Waals surface area contributed by atoms with Crippen LogP contribution in [0.1, 0.15) is 30.1 Å². The molecule has 0 amide bonds. The van der Waals surface area contributed by atoms with E-state index in [-0.39, 0.29) is 5.56 Å². The monoisotopic (exact) mass is 341 g/mol. The van der Waals surface area contributed by atoms with Crippen molar-refractivity contribution in [3.63, 3.8) is 0 Å². The van der Waals surface area contributed by atoms with Gasteiger partial charge in [0.2, 0.25) is 0 Å². The molecule has 0 spiro atoms. The summed E-state index contributed by atoms with van der Waals surface area (Å²) in [5, 5.41) is 0.978. The maximum atomic E-state index is 12.0. The van der Waals surface area contributed by atoms with Crippen molar-refractivity contribution in [2.24, 2.45) is 7.05 Å². The fraction of sp³-hybridized carbons (Fsp3) is 0.316. The molecule has 0 N–H and O–H groups in total. The maximum Gasteiger partial charge on any atom is 0.253 e. The molecule has 1 aliphatic carbocycles. The molecular weight excluding hydrogens is 322 g/mol. The first kappa shape index (κ1) is 15.4. The number of nitrogens with zero attached hydrogens (tertiary/aromatic N) is 1. The van der Waals surface area contributed by atoms with Crippen LogP contribution in [0.5, 0.6) is 0 Å². The lowest BCUT2D eigenvalue weighted by atomic mass is 10.0. The summed E-state index contributed by atoms with van der Waals surface area (Å²) < 4.78 is 19.8. The van der Waals surface area contributed by atoms with Gasteiger partial charge >= 0.3 is 0 Å². The summed E-state index contributed by atoms with van der Waals surface area (Å²) in [6.45, 7) is 1.81. The van der Waals surface area contributed by atoms with Crippen molar-refractivity contribution in [2.75, 3.05) is 6.26 Å². The molecule has 4 rings (SSSR count). The molecule has 2 aromatic heterocycles. The fourth-order valence-electron chi connectivity index (χ4n) is 3.12. The Bertz CT molecular complexity index is 1010. The lowest BCUT2D eigenvalue weighted by molar-refractivity contribution is 0.553. The van der Waals surface area contributed by atoms with Crippen molar-refractivity contribution in [1.82, 2.24) is 4.57 Å². The van der Waals surface area contributed by atoms with E-state index in [0.29, 0.717) is 11.5 Å². The Labute approximate surface area is 142 Å². The molecule has 124 valence electrons. The van der Waals surface area contributed by atoms with Crippen LogP contribution in [0.3, 0.4) is 0 Å². The number of aryl methyl sites for hydroxylation is 2. The van der Waals surface area contributed by atoms with Gasteiger partial charge in [-0.2, -0.15) is 0 Å². The molecule has 1 saturated carbocycles. The van der Waals surface area contributed by atoms with Gasteiger partial charge in [-0.25, -0.2) is 0 Å². The predicted molar refractivity (Wildman–Crippen MR) is 95.9 cm³/mol. The van der Waals surface area contributed by atoms with Crippen molar-refractivity contribution in [2.45, 2.75) is 30.6 Å². The van der Waals surface area contributed by atoms with Gasteiger partial charge in [-0.3, -0.25) is 9.00 Å². The third-order valence-electron chi connectivity index (χ3n) is 4.59. The van der Waals surface area contributed by atoms with Gasteiger partial charge in [-0.15, -0.1) is 0 Å². The summed E-state index contributed by atoms with van der Waals surface area (Å²) in [4.78, 5) is 12.8. The van der Waals surface area contributed by atoms with Crippen molar-refractivity contribution < 1.29 is 8.63 Å². The number of fused-ring (bicyclic) bond motifs is 1. The second-order valence-electron chi connectivity index (χ2n) is 6.59. The van der Waals surface area contributed by atoms with Crippen LogP contribution >= 0.6 is 0 Å². The zero-order valence-electron chi connectivity index (χ0n) is 14.0. The van der Waals surface area contributed by atoms with Crippen LogP contribution in [0.15, 0.2) is 44.6 Å². The van der Waals surface area contributed by atoms with E-state index in [4.69, 9.17) is 4.42 Å². The van der Waals surface area contributed by atoms with E-state index in [9.17, 15) is 9.00 Å². The first-order chi connectivity index (χ1) is 11.4. The summed E-state index contributed by atoms with van der Waals surface area (Å²) in [6, 6.07) is 7.80. The first-order valence-corrected chi connectivity index (χ1v) is 9.58. The van der Waals surface area contributed by atoms with Gasteiger partial charge < -0.3 is 8.98 Å². The second kappa shape index (κ2) is 5.45. The molecule has 3 aromatic rings. The number of pyridine rings is 1. The first-order valence-electron chi connectivity index (χ1n) is 8.02. The zero-order chi connectivity index (χ0) is 17.0. The number of rotatable bonds is 3. The molecule has 1 fully saturated rings. The topological polar surface area (TPSA) is 52.2 Å². The lowest BCUT2D eigenvalue weighted by Crippen LogP contribution is -2.18. The van der Waals surface area contributed by atoms with Crippen LogP contribution in [0.25, 0.3) is 22.1 Å². The molecular formula is C19H19NO3S. The van der Waals surface area contributed by atoms with E-state index in [0.717, 1.165) is 32.8 Å². The maximum absolute atomic E-state index is 12.0. The van der Waals surface area contributed by atoms with Gasteiger partial charge in [0.15, 0.2) is 0 Å². The number of hydrogen-bond acceptors (Lipinski definition) is 3. The van der Waals surface area contributed by atoms with Crippen molar-refractivity contribution >= 4 is 21.8 Å². The van der Waals surface area contributed by atoms with Crippen LogP contribution in [0, 0.1) is 6.92 Å². The fourth-order valence-corrected chi connectivity index (χ4v) is 3.70. The molecule has 5 heteroatoms. The number of hydrogen-bond donors (Lipinski definition) is 0. The largest absolute Gasteiger partial charge is 0.460 e. The molecule has 0 aliphatic heterocycles. The molecule has 1 atom stereocenters. The summed E-state index contributed by atoms with van der Waals surface area (Å²) in [5.74, 6) is 1.52. The van der Waals surface area contributed by atoms with E-state index in [1.165, 1.54) is 12.8 Å². The molecule has 4 nitrogen and oxygen atoms in total. The van der Waals surface area contributed by atoms with Gasteiger partial charge in [0.1, 0.15) is 11.3 Å². The molecule has 2 heterocycles. The van der Waals surface area contributed by atoms with E-state index in [1.54, 1.807) is 17.9 Å². The van der Waals surface area contributed by atoms with E-state index < -0.39 is 10.8 Å². The minimum Gasteiger partial charge on any atom is -0.460 e. The minimum absolute atomic E-state index is 0.0108. The Hall–Kier alpha value is -2.14. The highest BCUT2D eigenvalue weighted by atomic mass is 32.2. The summed E-state index contributed by atoms with van der Waals surface area (Å²) >= 11 is 0. The quantitative estimate of drug-likeness (QED) is 0.729. The predicted octanol–water partition coefficient (Wildman–Crippen LogP) is 3.72. The molecule has 1 aliphatic rings. The van der Waals surface area contributed by atoms with E-state index in [1.807, 2.05) is 31.3 Å². The normalized spacial score (nSPS) is 15.8. The smallest absolute Gasteiger partial charge is 0.253 e. The molecule has 0 saturated heterocycles. The number of aromatic nitrogens is 1. The van der Waals surface area contributed by atoms with Crippen molar-refractivity contribution in [3.05, 3.63) is 52.1 Å². The van der Waals surface area contributed by atoms with E-state index in [2.05, 4.69) is 6.07 Å². The van der Waals surface area contributed by atoms with Crippen LogP contribution in [-0.2, 0) is 17.8 Å². The average molecular weight is 341 g/mol. The molecule has 1 unspecified atom stereocenters. The Balaban J connectivity index is 2.01. The highest BCUT2D eigenvalue weighted by Gasteiger charge is 2.28. The molecule has 0 bridgehead atoms. The van der Waals surface area contributed by atoms with Gasteiger partial charge in [-0.05, 0) is 44.0 Å². The SMILES string of the molecule is Cc1cc(-c2cc(S(C)=O)cc3cc(C4CC4)oc23)cn(C)c1=O. The second-order valence-corrected chi connectivity index (χ2v) is 7.97. The molecule has 0 radical (unpaired) electrons. The third kappa shape index (κ3) is 2.53. The van der Waals surface area contributed by atoms with Gasteiger partial charge in [0.25, 0.3) is 5.56 Å². The zero-order valence-corrected chi connectivity index (χ0v) is 14.8. The highest BCUT2D eigenvalue weighted by Crippen LogP contribution is 2.44. The molecule has 24 heavy (non-hydrogen) atoms. The van der Waals surface area contributed by atoms with Crippen molar-refractivity contribution in [3.8, 4) is 11.1 Å². The van der Waals surface area contributed by atoms with Gasteiger partial charge in [0, 0.05) is 63.2 Å². The minimum atomic E-state index is -1.08. The highest BCUT2D eigenvalue weighted by molar-refractivity contribution is 7.84. The van der Waals surface area contributed by atoms with Crippen LogP contribution < -0.4 is 5.56 Å². The van der Waals surface area contributed by atoms with E-state index >= 15 is 0 Å². The Morgan fingerprint density at radius 1 is 1.21 bits per heavy atom. The summed E-state index contributed by atoms with van der Waals surface area (Å²) in [7, 11) is 0.666. The number of furan rings is 1. The van der Waals surface area contributed by atoms with Crippen LogP contribution in [0.2, 0.25) is 0 Å². The third-order valence-corrected chi connectivity index (χ3v) is 5.49. The Morgan fingerprint density at radius 3 is 2.58 bits per heavy atom. The summed E-state index contributed by atoms with van der Waals surface area (Å²) in [6.07, 6.45) is 5.83. The van der Waals surface area contributed by atoms with Gasteiger partial charge in [0.05, 0.1) is 0 Å². The van der Waals surface area contributed by atoms with Crippen molar-refractivity contribution in [1.29, 1.82) is 0 Å². The Morgan fingerprint density at radius 2 is 1.96 bits per heavy atom. The lowest BCUT2D eigenvalue weighted by Gasteiger charge is -2.09. The average Bonchev–Trinajstić information content (AvgIpc) is 3.30. The Kier molecular flexibility index (Phi) is 3.49. The summed E-state index contributed by atoms with van der Waals surface area (Å²) in [5.41, 5.74) is 3.28. The van der Waals surface area contributed by atoms with Crippen LogP contribution in [-0.4, -0.2) is 15.0 Å². The standard InChI is InChI=1S/C19H19NO3S/c1-11-6-14(10-20(2)19(11)21)16-9-15(24(3)22)7-13-8-17(12-4-5-12)23-18(13)16/h6-10,12H,4-5H2,1-3H3. The molecule has 1 aromatic carbocycles.